The molecule has 0 radical (unpaired) electrons. The molecule has 0 saturated carbocycles. The topological polar surface area (TPSA) is 40.3 Å². The Labute approximate surface area is 136 Å². The zero-order chi connectivity index (χ0) is 19.4. The van der Waals surface area contributed by atoms with E-state index in [1.807, 2.05) is 0 Å². The number of hydrogen-bond donors (Lipinski definition) is 0. The Morgan fingerprint density at radius 2 is 1.29 bits per heavy atom. The third kappa shape index (κ3) is 4.66. The fourth-order valence-electron chi connectivity index (χ4n) is 2.51. The first-order valence-corrected chi connectivity index (χ1v) is 11.7. The Bertz CT molecular complexity index is 593. The van der Waals surface area contributed by atoms with Gasteiger partial charge in [-0.2, -0.15) is 40.0 Å². The van der Waals surface area contributed by atoms with Crippen molar-refractivity contribution in [1.29, 1.82) is 0 Å². The lowest BCUT2D eigenvalue weighted by Crippen LogP contribution is -2.53. The third-order valence-corrected chi connectivity index (χ3v) is 9.19. The number of rotatable bonds is 2. The van der Waals surface area contributed by atoms with Gasteiger partial charge in [0.2, 0.25) is 11.7 Å². The monoisotopic (exact) mass is 398 g/mol. The molecule has 1 aliphatic rings. The van der Waals surface area contributed by atoms with Crippen LogP contribution in [0.3, 0.4) is 0 Å². The number of amidine groups is 2. The molecule has 0 aliphatic carbocycles. The van der Waals surface area contributed by atoms with Gasteiger partial charge in [-0.25, -0.2) is 9.33 Å². The van der Waals surface area contributed by atoms with Gasteiger partial charge in [0.05, 0.1) is 0 Å². The lowest BCUT2D eigenvalue weighted by atomic mass is 10.1. The number of halogens is 7. The summed E-state index contributed by atoms with van der Waals surface area (Å²) < 4.78 is 99.7. The second-order valence-corrected chi connectivity index (χ2v) is 14.1. The molecule has 0 fully saturated rings. The molecule has 0 saturated heterocycles. The zero-order valence-corrected chi connectivity index (χ0v) is 15.8. The van der Waals surface area contributed by atoms with Gasteiger partial charge in [0.1, 0.15) is 8.24 Å². The average molecular weight is 398 g/mol. The minimum atomic E-state index is -5.31. The van der Waals surface area contributed by atoms with Crippen LogP contribution in [0.4, 0.5) is 30.5 Å². The van der Waals surface area contributed by atoms with Gasteiger partial charge < -0.3 is 0 Å². The van der Waals surface area contributed by atoms with E-state index in [4.69, 9.17) is 0 Å². The van der Waals surface area contributed by atoms with E-state index in [0.717, 1.165) is 4.34 Å². The summed E-state index contributed by atoms with van der Waals surface area (Å²) in [5.74, 6) is -4.29. The first kappa shape index (κ1) is 21.3. The summed E-state index contributed by atoms with van der Waals surface area (Å²) in [4.78, 5) is 2.39. The maximum atomic E-state index is 15.4. The van der Waals surface area contributed by atoms with Crippen LogP contribution in [0.2, 0.25) is 19.6 Å². The van der Waals surface area contributed by atoms with Crippen molar-refractivity contribution in [2.24, 2.45) is 14.5 Å². The molecule has 0 spiro atoms. The predicted molar refractivity (Wildman–Crippen MR) is 82.4 cm³/mol. The molecule has 1 rings (SSSR count). The molecular weight excluding hydrogens is 380 g/mol. The van der Waals surface area contributed by atoms with Gasteiger partial charge in [-0.15, -0.1) is 0 Å². The van der Waals surface area contributed by atoms with Crippen molar-refractivity contribution in [2.75, 3.05) is 0 Å². The highest BCUT2D eigenvalue weighted by molar-refractivity contribution is 7.60. The third-order valence-electron chi connectivity index (χ3n) is 2.69. The summed E-state index contributed by atoms with van der Waals surface area (Å²) in [6, 6.07) is 0. The minimum absolute atomic E-state index is 0.985. The van der Waals surface area contributed by atoms with Crippen molar-refractivity contribution in [3.8, 4) is 0 Å². The molecule has 1 unspecified atom stereocenters. The van der Waals surface area contributed by atoms with Crippen molar-refractivity contribution in [1.82, 2.24) is 4.34 Å². The van der Waals surface area contributed by atoms with Gasteiger partial charge in [-0.1, -0.05) is 19.6 Å². The molecule has 140 valence electrons. The van der Waals surface area contributed by atoms with E-state index in [0.29, 0.717) is 0 Å². The molecule has 13 heteroatoms. The standard InChI is InChI=1S/C11H18F7N4PSi/c1-9(2,3)22(24(4,5)6)23(18)20-7(10(12,13)14)19-8(21-23)11(15,16)17/h1-6H3. The largest absolute Gasteiger partial charge is 0.451 e. The Balaban J connectivity index is 3.78. The second kappa shape index (κ2) is 5.91. The molecule has 24 heavy (non-hydrogen) atoms. The molecular formula is C11H18F7N4PSi. The van der Waals surface area contributed by atoms with Gasteiger partial charge in [-0.3, -0.25) is 0 Å². The molecule has 4 nitrogen and oxygen atoms in total. The highest BCUT2D eigenvalue weighted by Crippen LogP contribution is 2.63. The van der Waals surface area contributed by atoms with E-state index in [1.165, 1.54) is 20.8 Å². The van der Waals surface area contributed by atoms with Crippen molar-refractivity contribution in [3.63, 3.8) is 0 Å². The van der Waals surface area contributed by atoms with Crippen LogP contribution in [0.25, 0.3) is 0 Å². The Hall–Kier alpha value is -0.743. The van der Waals surface area contributed by atoms with Crippen molar-refractivity contribution in [2.45, 2.75) is 58.3 Å². The van der Waals surface area contributed by atoms with Crippen molar-refractivity contribution in [3.05, 3.63) is 0 Å². The lowest BCUT2D eigenvalue weighted by Gasteiger charge is -2.46. The van der Waals surface area contributed by atoms with E-state index in [1.54, 1.807) is 19.6 Å². The summed E-state index contributed by atoms with van der Waals surface area (Å²) in [6.07, 6.45) is -10.6. The van der Waals surface area contributed by atoms with Crippen LogP contribution in [-0.2, 0) is 0 Å². The summed E-state index contributed by atoms with van der Waals surface area (Å²) in [6.45, 7) is 9.25. The summed E-state index contributed by atoms with van der Waals surface area (Å²) in [7, 11) is -7.73. The smallest absolute Gasteiger partial charge is 0.244 e. The van der Waals surface area contributed by atoms with Crippen LogP contribution in [-0.4, -0.2) is 42.1 Å². The SMILES string of the molecule is CC(C)(C)N([Si](C)(C)C)P1(F)=NC(C(F)(F)F)=NC(C(F)(F)F)=N1. The second-order valence-electron chi connectivity index (χ2n) is 7.10. The van der Waals surface area contributed by atoms with Crippen LogP contribution in [0.5, 0.6) is 0 Å². The summed E-state index contributed by atoms with van der Waals surface area (Å²) in [5.41, 5.74) is -1.08. The molecule has 0 bridgehead atoms. The molecule has 0 aromatic heterocycles. The number of aliphatic imine (C=N–C) groups is 1. The molecule has 0 N–H and O–H groups in total. The van der Waals surface area contributed by atoms with Gasteiger partial charge in [0.25, 0.3) is 0 Å². The van der Waals surface area contributed by atoms with Crippen LogP contribution < -0.4 is 0 Å². The van der Waals surface area contributed by atoms with Crippen LogP contribution in [0.1, 0.15) is 20.8 Å². The average Bonchev–Trinajstić information content (AvgIpc) is 2.20. The summed E-state index contributed by atoms with van der Waals surface area (Å²) >= 11 is 0. The number of nitrogens with zero attached hydrogens (tertiary/aromatic N) is 4. The van der Waals surface area contributed by atoms with Crippen LogP contribution in [0.15, 0.2) is 14.5 Å². The van der Waals surface area contributed by atoms with E-state index in [2.05, 4.69) is 14.5 Å². The first-order valence-electron chi connectivity index (χ1n) is 6.74. The molecule has 1 heterocycles. The predicted octanol–water partition coefficient (Wildman–Crippen LogP) is 5.77. The highest BCUT2D eigenvalue weighted by atomic mass is 31.2. The minimum Gasteiger partial charge on any atom is -0.244 e. The fraction of sp³-hybridized carbons (Fsp3) is 0.818. The maximum absolute atomic E-state index is 15.4. The van der Waals surface area contributed by atoms with Crippen molar-refractivity contribution >= 4 is 27.6 Å². The Morgan fingerprint density at radius 1 is 0.875 bits per heavy atom. The van der Waals surface area contributed by atoms with Gasteiger partial charge in [0, 0.05) is 5.54 Å². The van der Waals surface area contributed by atoms with Crippen LogP contribution >= 0.6 is 7.67 Å². The molecule has 0 amide bonds. The maximum Gasteiger partial charge on any atom is 0.451 e. The Kier molecular flexibility index (Phi) is 5.24. The molecule has 1 atom stereocenters. The van der Waals surface area contributed by atoms with Crippen molar-refractivity contribution < 1.29 is 30.5 Å². The van der Waals surface area contributed by atoms with E-state index >= 15 is 4.20 Å². The van der Waals surface area contributed by atoms with Gasteiger partial charge in [-0.05, 0) is 20.8 Å². The molecule has 1 aliphatic heterocycles. The van der Waals surface area contributed by atoms with Gasteiger partial charge >= 0.3 is 20.0 Å². The number of hydrogen-bond acceptors (Lipinski definition) is 4. The molecule has 0 aromatic rings. The zero-order valence-electron chi connectivity index (χ0n) is 13.9. The fourth-order valence-corrected chi connectivity index (χ4v) is 9.63. The first-order chi connectivity index (χ1) is 10.3. The highest BCUT2D eigenvalue weighted by Gasteiger charge is 2.52. The Morgan fingerprint density at radius 3 is 1.58 bits per heavy atom. The normalized spacial score (nSPS) is 23.8. The van der Waals surface area contributed by atoms with E-state index in [-0.39, 0.29) is 0 Å². The quantitative estimate of drug-likeness (QED) is 0.331. The van der Waals surface area contributed by atoms with Gasteiger partial charge in [0.15, 0.2) is 0 Å². The summed E-state index contributed by atoms with van der Waals surface area (Å²) in [5, 5.41) is 0. The van der Waals surface area contributed by atoms with E-state index in [9.17, 15) is 26.3 Å². The number of alkyl halides is 6. The molecule has 0 aromatic carbocycles. The van der Waals surface area contributed by atoms with E-state index < -0.39 is 45.5 Å². The lowest BCUT2D eigenvalue weighted by molar-refractivity contribution is -0.0634. The van der Waals surface area contributed by atoms with Crippen LogP contribution in [0, 0.1) is 0 Å².